The Bertz CT molecular complexity index is 815. The molecule has 2 aromatic carbocycles. The average molecular weight is 341 g/mol. The molecule has 6 nitrogen and oxygen atoms in total. The maximum absolute atomic E-state index is 11.8. The number of ether oxygens (including phenoxy) is 3. The van der Waals surface area contributed by atoms with Gasteiger partial charge in [-0.15, -0.1) is 0 Å². The van der Waals surface area contributed by atoms with Gasteiger partial charge in [0, 0.05) is 18.1 Å². The maximum atomic E-state index is 11.8. The van der Waals surface area contributed by atoms with Gasteiger partial charge in [0.25, 0.3) is 0 Å². The topological polar surface area (TPSA) is 66.4 Å². The molecule has 1 aliphatic rings. The average Bonchev–Trinajstić information content (AvgIpc) is 2.67. The number of hydrogen-bond acceptors (Lipinski definition) is 6. The molecule has 0 fully saturated rings. The minimum absolute atomic E-state index is 0.293. The fourth-order valence-electron chi connectivity index (χ4n) is 2.81. The first kappa shape index (κ1) is 16.8. The molecule has 0 saturated heterocycles. The fraction of sp³-hybridized carbons (Fsp3) is 0.263. The Morgan fingerprint density at radius 2 is 2.00 bits per heavy atom. The predicted molar refractivity (Wildman–Crippen MR) is 92.3 cm³/mol. The van der Waals surface area contributed by atoms with Crippen molar-refractivity contribution >= 4 is 11.7 Å². The summed E-state index contributed by atoms with van der Waals surface area (Å²) >= 11 is 0. The van der Waals surface area contributed by atoms with E-state index in [1.807, 2.05) is 24.3 Å². The van der Waals surface area contributed by atoms with E-state index in [0.29, 0.717) is 23.5 Å². The molecule has 1 atom stereocenters. The number of fused-ring (bicyclic) bond motifs is 1. The Hall–Kier alpha value is -3.02. The zero-order valence-electron chi connectivity index (χ0n) is 14.3. The Labute approximate surface area is 146 Å². The number of rotatable bonds is 4. The van der Waals surface area contributed by atoms with Gasteiger partial charge in [-0.3, -0.25) is 0 Å². The normalized spacial score (nSPS) is 17.4. The number of esters is 1. The van der Waals surface area contributed by atoms with Crippen molar-refractivity contribution in [1.82, 2.24) is 0 Å². The molecule has 0 saturated carbocycles. The third-order valence-electron chi connectivity index (χ3n) is 4.03. The van der Waals surface area contributed by atoms with Crippen molar-refractivity contribution in [3.8, 4) is 11.5 Å². The van der Waals surface area contributed by atoms with Gasteiger partial charge in [-0.25, -0.2) is 4.79 Å². The van der Waals surface area contributed by atoms with Gasteiger partial charge in [0.1, 0.15) is 24.7 Å². The van der Waals surface area contributed by atoms with Crippen LogP contribution >= 0.6 is 0 Å². The fourth-order valence-corrected chi connectivity index (χ4v) is 2.81. The summed E-state index contributed by atoms with van der Waals surface area (Å²) in [7, 11) is 4.47. The smallest absolute Gasteiger partial charge is 0.337 e. The number of carbonyl (C=O) groups is 1. The Morgan fingerprint density at radius 3 is 2.72 bits per heavy atom. The lowest BCUT2D eigenvalue weighted by Gasteiger charge is -2.27. The summed E-state index contributed by atoms with van der Waals surface area (Å²) in [6.07, 6.45) is 0.232. The van der Waals surface area contributed by atoms with Crippen LogP contribution < -0.4 is 9.47 Å². The molecule has 6 heteroatoms. The zero-order valence-corrected chi connectivity index (χ0v) is 14.3. The van der Waals surface area contributed by atoms with Gasteiger partial charge in [-0.2, -0.15) is 0 Å². The summed E-state index contributed by atoms with van der Waals surface area (Å²) in [6.45, 7) is 0. The third-order valence-corrected chi connectivity index (χ3v) is 4.03. The van der Waals surface area contributed by atoms with Crippen molar-refractivity contribution in [2.75, 3.05) is 21.3 Å². The van der Waals surface area contributed by atoms with Crippen molar-refractivity contribution in [3.63, 3.8) is 0 Å². The molecular formula is C19H19NO5. The molecule has 3 rings (SSSR count). The first-order valence-electron chi connectivity index (χ1n) is 7.79. The minimum Gasteiger partial charge on any atom is -0.497 e. The molecule has 1 unspecified atom stereocenters. The number of hydrogen-bond donors (Lipinski definition) is 0. The Balaban J connectivity index is 1.99. The van der Waals surface area contributed by atoms with Gasteiger partial charge in [0.2, 0.25) is 0 Å². The summed E-state index contributed by atoms with van der Waals surface area (Å²) in [6, 6.07) is 12.8. The van der Waals surface area contributed by atoms with Gasteiger partial charge >= 0.3 is 5.97 Å². The molecule has 0 aliphatic carbocycles. The van der Waals surface area contributed by atoms with Crippen LogP contribution in [0.4, 0.5) is 0 Å². The number of methoxy groups -OCH3 is 2. The molecule has 0 aromatic heterocycles. The van der Waals surface area contributed by atoms with Crippen LogP contribution in [0, 0.1) is 0 Å². The SMILES string of the molecule is CO/N=C1\CC(c2cccc(C(=O)OC)c2)Oc2cc(OC)ccc21. The van der Waals surface area contributed by atoms with Crippen LogP contribution in [0.25, 0.3) is 0 Å². The van der Waals surface area contributed by atoms with Crippen LogP contribution in [0.1, 0.15) is 34.0 Å². The highest BCUT2D eigenvalue weighted by Gasteiger charge is 2.28. The van der Waals surface area contributed by atoms with E-state index in [1.54, 1.807) is 25.3 Å². The second kappa shape index (κ2) is 7.25. The largest absolute Gasteiger partial charge is 0.497 e. The van der Waals surface area contributed by atoms with Crippen LogP contribution in [0.15, 0.2) is 47.6 Å². The molecule has 1 heterocycles. The van der Waals surface area contributed by atoms with E-state index in [1.165, 1.54) is 14.2 Å². The summed E-state index contributed by atoms with van der Waals surface area (Å²) < 4.78 is 16.2. The summed E-state index contributed by atoms with van der Waals surface area (Å²) in [4.78, 5) is 16.8. The van der Waals surface area contributed by atoms with E-state index < -0.39 is 0 Å². The Morgan fingerprint density at radius 1 is 1.16 bits per heavy atom. The predicted octanol–water partition coefficient (Wildman–Crippen LogP) is 3.36. The lowest BCUT2D eigenvalue weighted by atomic mass is 9.94. The van der Waals surface area contributed by atoms with Crippen LogP contribution in [-0.2, 0) is 9.57 Å². The lowest BCUT2D eigenvalue weighted by molar-refractivity contribution is 0.0600. The molecule has 130 valence electrons. The van der Waals surface area contributed by atoms with Crippen molar-refractivity contribution < 1.29 is 23.8 Å². The summed E-state index contributed by atoms with van der Waals surface area (Å²) in [5.41, 5.74) is 2.98. The molecule has 25 heavy (non-hydrogen) atoms. The van der Waals surface area contributed by atoms with E-state index in [0.717, 1.165) is 16.8 Å². The second-order valence-corrected chi connectivity index (χ2v) is 5.51. The standard InChI is InChI=1S/C19H19NO5/c1-22-14-7-8-15-16(20-24-3)11-17(25-18(15)10-14)12-5-4-6-13(9-12)19(21)23-2/h4-10,17H,11H2,1-3H3/b20-16+. The van der Waals surface area contributed by atoms with Crippen LogP contribution in [0.5, 0.6) is 11.5 Å². The van der Waals surface area contributed by atoms with Crippen LogP contribution in [0.3, 0.4) is 0 Å². The van der Waals surface area contributed by atoms with Gasteiger partial charge in [-0.05, 0) is 29.8 Å². The van der Waals surface area contributed by atoms with E-state index in [9.17, 15) is 4.79 Å². The summed E-state index contributed by atoms with van der Waals surface area (Å²) in [5, 5.41) is 4.13. The molecule has 0 radical (unpaired) electrons. The summed E-state index contributed by atoms with van der Waals surface area (Å²) in [5.74, 6) is 0.972. The second-order valence-electron chi connectivity index (χ2n) is 5.51. The van der Waals surface area contributed by atoms with Crippen LogP contribution in [-0.4, -0.2) is 33.0 Å². The van der Waals surface area contributed by atoms with E-state index in [2.05, 4.69) is 5.16 Å². The number of oxime groups is 1. The highest BCUT2D eigenvalue weighted by molar-refractivity contribution is 6.04. The van der Waals surface area contributed by atoms with Gasteiger partial charge in [0.15, 0.2) is 0 Å². The molecule has 2 aromatic rings. The van der Waals surface area contributed by atoms with Crippen LogP contribution in [0.2, 0.25) is 0 Å². The first-order valence-corrected chi connectivity index (χ1v) is 7.79. The zero-order chi connectivity index (χ0) is 17.8. The number of nitrogens with zero attached hydrogens (tertiary/aromatic N) is 1. The van der Waals surface area contributed by atoms with Crippen molar-refractivity contribution in [3.05, 3.63) is 59.2 Å². The van der Waals surface area contributed by atoms with E-state index >= 15 is 0 Å². The van der Waals surface area contributed by atoms with Gasteiger partial charge < -0.3 is 19.0 Å². The highest BCUT2D eigenvalue weighted by Crippen LogP contribution is 2.37. The molecule has 0 bridgehead atoms. The van der Waals surface area contributed by atoms with E-state index in [4.69, 9.17) is 19.0 Å². The van der Waals surface area contributed by atoms with Crippen molar-refractivity contribution in [2.45, 2.75) is 12.5 Å². The molecule has 0 spiro atoms. The number of benzene rings is 2. The highest BCUT2D eigenvalue weighted by atomic mass is 16.6. The van der Waals surface area contributed by atoms with Crippen molar-refractivity contribution in [2.24, 2.45) is 5.16 Å². The Kier molecular flexibility index (Phi) is 4.88. The van der Waals surface area contributed by atoms with E-state index in [-0.39, 0.29) is 12.1 Å². The molecule has 0 N–H and O–H groups in total. The van der Waals surface area contributed by atoms with Crippen molar-refractivity contribution in [1.29, 1.82) is 0 Å². The third kappa shape index (κ3) is 3.42. The quantitative estimate of drug-likeness (QED) is 0.630. The van der Waals surface area contributed by atoms with Gasteiger partial charge in [-0.1, -0.05) is 17.3 Å². The minimum atomic E-state index is -0.384. The lowest BCUT2D eigenvalue weighted by Crippen LogP contribution is -2.21. The molecule has 0 amide bonds. The molecule has 1 aliphatic heterocycles. The monoisotopic (exact) mass is 341 g/mol. The number of carbonyl (C=O) groups excluding carboxylic acids is 1. The molecular weight excluding hydrogens is 322 g/mol. The van der Waals surface area contributed by atoms with Gasteiger partial charge in [0.05, 0.1) is 25.5 Å². The first-order chi connectivity index (χ1) is 12.2. The maximum Gasteiger partial charge on any atom is 0.337 e.